The summed E-state index contributed by atoms with van der Waals surface area (Å²) in [5.41, 5.74) is 0.978. The fourth-order valence-electron chi connectivity index (χ4n) is 2.05. The standard InChI is InChI=1S/C11H11N3O2S/c15-11(16)7-1-2-9-12-13-10(14(9)5-7)8-3-4-17-6-8/h1-2,5,8H,3-4,6H2,(H,15,16). The molecule has 3 heterocycles. The van der Waals surface area contributed by atoms with Gasteiger partial charge in [0.25, 0.3) is 0 Å². The van der Waals surface area contributed by atoms with Gasteiger partial charge in [-0.15, -0.1) is 10.2 Å². The van der Waals surface area contributed by atoms with E-state index in [4.69, 9.17) is 5.11 Å². The van der Waals surface area contributed by atoms with Crippen LogP contribution in [0.5, 0.6) is 0 Å². The Morgan fingerprint density at radius 1 is 1.47 bits per heavy atom. The molecule has 0 spiro atoms. The van der Waals surface area contributed by atoms with E-state index in [1.165, 1.54) is 0 Å². The first-order valence-corrected chi connectivity index (χ1v) is 6.57. The van der Waals surface area contributed by atoms with Crippen LogP contribution in [-0.4, -0.2) is 37.2 Å². The maximum absolute atomic E-state index is 10.9. The number of carboxylic acid groups (broad SMARTS) is 1. The van der Waals surface area contributed by atoms with Crippen molar-refractivity contribution in [2.24, 2.45) is 0 Å². The first-order chi connectivity index (χ1) is 8.25. The lowest BCUT2D eigenvalue weighted by Crippen LogP contribution is -2.05. The number of fused-ring (bicyclic) bond motifs is 1. The maximum Gasteiger partial charge on any atom is 0.337 e. The lowest BCUT2D eigenvalue weighted by atomic mass is 10.1. The van der Waals surface area contributed by atoms with Crippen LogP contribution >= 0.6 is 11.8 Å². The van der Waals surface area contributed by atoms with Crippen LogP contribution in [0.2, 0.25) is 0 Å². The molecule has 0 aromatic carbocycles. The lowest BCUT2D eigenvalue weighted by molar-refractivity contribution is 0.0696. The van der Waals surface area contributed by atoms with Crippen molar-refractivity contribution in [2.75, 3.05) is 11.5 Å². The van der Waals surface area contributed by atoms with Gasteiger partial charge in [0.15, 0.2) is 5.65 Å². The number of rotatable bonds is 2. The third kappa shape index (κ3) is 1.78. The van der Waals surface area contributed by atoms with E-state index >= 15 is 0 Å². The van der Waals surface area contributed by atoms with E-state index in [0.29, 0.717) is 11.6 Å². The van der Waals surface area contributed by atoms with Crippen LogP contribution < -0.4 is 0 Å². The van der Waals surface area contributed by atoms with Crippen LogP contribution in [-0.2, 0) is 0 Å². The van der Waals surface area contributed by atoms with E-state index in [1.54, 1.807) is 22.7 Å². The van der Waals surface area contributed by atoms with Gasteiger partial charge in [0.05, 0.1) is 5.56 Å². The fourth-order valence-corrected chi connectivity index (χ4v) is 3.27. The Hall–Kier alpha value is -1.56. The molecule has 0 radical (unpaired) electrons. The maximum atomic E-state index is 10.9. The molecule has 5 nitrogen and oxygen atoms in total. The van der Waals surface area contributed by atoms with Crippen LogP contribution in [0.1, 0.15) is 28.5 Å². The number of carboxylic acids is 1. The molecular formula is C11H11N3O2S. The second-order valence-corrected chi connectivity index (χ2v) is 5.22. The highest BCUT2D eigenvalue weighted by molar-refractivity contribution is 7.99. The second-order valence-electron chi connectivity index (χ2n) is 4.07. The molecule has 88 valence electrons. The molecular weight excluding hydrogens is 238 g/mol. The number of thioether (sulfide) groups is 1. The first kappa shape index (κ1) is 10.6. The van der Waals surface area contributed by atoms with Gasteiger partial charge in [0.2, 0.25) is 0 Å². The number of carbonyl (C=O) groups is 1. The molecule has 6 heteroatoms. The molecule has 0 bridgehead atoms. The van der Waals surface area contributed by atoms with Gasteiger partial charge in [0.1, 0.15) is 5.82 Å². The summed E-state index contributed by atoms with van der Waals surface area (Å²) < 4.78 is 1.81. The molecule has 1 fully saturated rings. The number of hydrogen-bond donors (Lipinski definition) is 1. The molecule has 17 heavy (non-hydrogen) atoms. The summed E-state index contributed by atoms with van der Waals surface area (Å²) in [4.78, 5) is 10.9. The van der Waals surface area contributed by atoms with E-state index in [0.717, 1.165) is 23.8 Å². The SMILES string of the molecule is O=C(O)c1ccc2nnc(C3CCSC3)n2c1. The van der Waals surface area contributed by atoms with Crippen molar-refractivity contribution in [1.82, 2.24) is 14.6 Å². The molecule has 1 unspecified atom stereocenters. The molecule has 2 aromatic heterocycles. The molecule has 2 aromatic rings. The van der Waals surface area contributed by atoms with Gasteiger partial charge in [-0.05, 0) is 24.3 Å². The van der Waals surface area contributed by atoms with E-state index in [-0.39, 0.29) is 5.56 Å². The number of nitrogens with zero attached hydrogens (tertiary/aromatic N) is 3. The second kappa shape index (κ2) is 4.03. The highest BCUT2D eigenvalue weighted by atomic mass is 32.2. The minimum Gasteiger partial charge on any atom is -0.478 e. The van der Waals surface area contributed by atoms with Crippen molar-refractivity contribution in [2.45, 2.75) is 12.3 Å². The molecule has 1 atom stereocenters. The van der Waals surface area contributed by atoms with Crippen LogP contribution in [0, 0.1) is 0 Å². The van der Waals surface area contributed by atoms with Crippen molar-refractivity contribution in [1.29, 1.82) is 0 Å². The number of aromatic nitrogens is 3. The third-order valence-corrected chi connectivity index (χ3v) is 4.13. The Balaban J connectivity index is 2.11. The molecule has 3 rings (SSSR count). The first-order valence-electron chi connectivity index (χ1n) is 5.41. The minimum absolute atomic E-state index is 0.268. The van der Waals surface area contributed by atoms with E-state index < -0.39 is 5.97 Å². The zero-order valence-electron chi connectivity index (χ0n) is 9.04. The molecule has 1 saturated heterocycles. The zero-order chi connectivity index (χ0) is 11.8. The Bertz CT molecular complexity index is 575. The summed E-state index contributed by atoms with van der Waals surface area (Å²) in [5, 5.41) is 17.2. The van der Waals surface area contributed by atoms with Gasteiger partial charge in [-0.3, -0.25) is 4.40 Å². The van der Waals surface area contributed by atoms with Gasteiger partial charge in [-0.1, -0.05) is 0 Å². The Kier molecular flexibility index (Phi) is 2.51. The van der Waals surface area contributed by atoms with Gasteiger partial charge >= 0.3 is 5.97 Å². The highest BCUT2D eigenvalue weighted by Gasteiger charge is 2.22. The largest absolute Gasteiger partial charge is 0.478 e. The summed E-state index contributed by atoms with van der Waals surface area (Å²) in [7, 11) is 0. The molecule has 1 aliphatic heterocycles. The molecule has 1 N–H and O–H groups in total. The van der Waals surface area contributed by atoms with Crippen molar-refractivity contribution in [3.8, 4) is 0 Å². The highest BCUT2D eigenvalue weighted by Crippen LogP contribution is 2.31. The van der Waals surface area contributed by atoms with Crippen molar-refractivity contribution in [3.05, 3.63) is 29.7 Å². The predicted molar refractivity (Wildman–Crippen MR) is 64.6 cm³/mol. The number of pyridine rings is 1. The van der Waals surface area contributed by atoms with Crippen LogP contribution in [0.3, 0.4) is 0 Å². The summed E-state index contributed by atoms with van der Waals surface area (Å²) in [6.07, 6.45) is 2.69. The van der Waals surface area contributed by atoms with Gasteiger partial charge in [-0.2, -0.15) is 11.8 Å². The lowest BCUT2D eigenvalue weighted by Gasteiger charge is -2.06. The van der Waals surface area contributed by atoms with Gasteiger partial charge < -0.3 is 5.11 Å². The monoisotopic (exact) mass is 249 g/mol. The average molecular weight is 249 g/mol. The molecule has 1 aliphatic rings. The quantitative estimate of drug-likeness (QED) is 0.876. The van der Waals surface area contributed by atoms with Gasteiger partial charge in [-0.25, -0.2) is 4.79 Å². The minimum atomic E-state index is -0.924. The molecule has 0 aliphatic carbocycles. The Morgan fingerprint density at radius 2 is 2.35 bits per heavy atom. The van der Waals surface area contributed by atoms with E-state index in [9.17, 15) is 4.79 Å². The van der Waals surface area contributed by atoms with Gasteiger partial charge in [0, 0.05) is 17.9 Å². The number of aromatic carboxylic acids is 1. The summed E-state index contributed by atoms with van der Waals surface area (Å²) >= 11 is 1.90. The third-order valence-electron chi connectivity index (χ3n) is 2.97. The molecule has 0 saturated carbocycles. The van der Waals surface area contributed by atoms with Crippen molar-refractivity contribution >= 4 is 23.4 Å². The smallest absolute Gasteiger partial charge is 0.337 e. The van der Waals surface area contributed by atoms with E-state index in [1.807, 2.05) is 11.8 Å². The average Bonchev–Trinajstić information content (AvgIpc) is 2.96. The summed E-state index contributed by atoms with van der Waals surface area (Å²) in [6.45, 7) is 0. The zero-order valence-corrected chi connectivity index (χ0v) is 9.85. The molecule has 0 amide bonds. The fraction of sp³-hybridized carbons (Fsp3) is 0.364. The number of hydrogen-bond acceptors (Lipinski definition) is 4. The van der Waals surface area contributed by atoms with Crippen LogP contribution in [0.15, 0.2) is 18.3 Å². The normalized spacial score (nSPS) is 19.9. The Labute approximate surface area is 102 Å². The van der Waals surface area contributed by atoms with Crippen molar-refractivity contribution in [3.63, 3.8) is 0 Å². The Morgan fingerprint density at radius 3 is 3.06 bits per heavy atom. The summed E-state index contributed by atoms with van der Waals surface area (Å²) in [5.74, 6) is 2.52. The summed E-state index contributed by atoms with van der Waals surface area (Å²) in [6, 6.07) is 3.25. The predicted octanol–water partition coefficient (Wildman–Crippen LogP) is 1.65. The topological polar surface area (TPSA) is 67.5 Å². The van der Waals surface area contributed by atoms with Crippen LogP contribution in [0.25, 0.3) is 5.65 Å². The van der Waals surface area contributed by atoms with E-state index in [2.05, 4.69) is 10.2 Å². The van der Waals surface area contributed by atoms with Crippen molar-refractivity contribution < 1.29 is 9.90 Å². The van der Waals surface area contributed by atoms with Crippen LogP contribution in [0.4, 0.5) is 0 Å².